The van der Waals surface area contributed by atoms with Crippen LogP contribution in [0.1, 0.15) is 41.1 Å². The first-order valence-electron chi connectivity index (χ1n) is 9.71. The van der Waals surface area contributed by atoms with Gasteiger partial charge < -0.3 is 19.2 Å². The third-order valence-corrected chi connectivity index (χ3v) is 5.07. The Morgan fingerprint density at radius 1 is 1.07 bits per heavy atom. The van der Waals surface area contributed by atoms with E-state index in [9.17, 15) is 9.59 Å². The fourth-order valence-corrected chi connectivity index (χ4v) is 3.88. The second-order valence-corrected chi connectivity index (χ2v) is 7.71. The van der Waals surface area contributed by atoms with Crippen LogP contribution in [0.15, 0.2) is 57.7 Å². The third-order valence-electron chi connectivity index (χ3n) is 5.07. The summed E-state index contributed by atoms with van der Waals surface area (Å²) in [5, 5.41) is 6.60. The lowest BCUT2D eigenvalue weighted by Gasteiger charge is -2.35. The summed E-state index contributed by atoms with van der Waals surface area (Å²) in [5.41, 5.74) is 1.03. The van der Waals surface area contributed by atoms with Crippen molar-refractivity contribution < 1.29 is 18.5 Å². The van der Waals surface area contributed by atoms with Gasteiger partial charge in [0, 0.05) is 19.2 Å². The number of carbonyl (C=O) groups excluding carboxylic acids is 2. The van der Waals surface area contributed by atoms with Crippen LogP contribution in [0.25, 0.3) is 11.5 Å². The number of aromatic nitrogens is 1. The molecule has 1 aliphatic heterocycles. The van der Waals surface area contributed by atoms with Crippen molar-refractivity contribution in [2.75, 3.05) is 18.4 Å². The van der Waals surface area contributed by atoms with Gasteiger partial charge in [-0.1, -0.05) is 31.1 Å². The molecule has 0 spiro atoms. The SMILES string of the molecule is C[C@@H]1C[C@@H](C)CN(C(=O)c2ccccc2NC(=O)c2cc(-c3ccco3)on2)C1. The average Bonchev–Trinajstić information content (AvgIpc) is 3.39. The van der Waals surface area contributed by atoms with Crippen molar-refractivity contribution >= 4 is 17.5 Å². The van der Waals surface area contributed by atoms with E-state index >= 15 is 0 Å². The fraction of sp³-hybridized carbons (Fsp3) is 0.318. The van der Waals surface area contributed by atoms with Crippen LogP contribution in [-0.2, 0) is 0 Å². The van der Waals surface area contributed by atoms with Crippen LogP contribution in [0.3, 0.4) is 0 Å². The van der Waals surface area contributed by atoms with Gasteiger partial charge in [-0.25, -0.2) is 0 Å². The normalized spacial score (nSPS) is 19.2. The monoisotopic (exact) mass is 393 g/mol. The van der Waals surface area contributed by atoms with Gasteiger partial charge >= 0.3 is 0 Å². The lowest BCUT2D eigenvalue weighted by Crippen LogP contribution is -2.42. The van der Waals surface area contributed by atoms with Crippen molar-refractivity contribution in [3.05, 3.63) is 60.0 Å². The van der Waals surface area contributed by atoms with Crippen molar-refractivity contribution in [3.63, 3.8) is 0 Å². The molecule has 1 fully saturated rings. The molecule has 7 nitrogen and oxygen atoms in total. The number of anilines is 1. The minimum absolute atomic E-state index is 0.0734. The summed E-state index contributed by atoms with van der Waals surface area (Å²) in [6, 6.07) is 12.0. The predicted molar refractivity (Wildman–Crippen MR) is 107 cm³/mol. The highest BCUT2D eigenvalue weighted by atomic mass is 16.5. The molecule has 0 saturated carbocycles. The zero-order valence-corrected chi connectivity index (χ0v) is 16.4. The van der Waals surface area contributed by atoms with E-state index < -0.39 is 5.91 Å². The van der Waals surface area contributed by atoms with Gasteiger partial charge in [-0.05, 0) is 42.5 Å². The summed E-state index contributed by atoms with van der Waals surface area (Å²) in [7, 11) is 0. The Kier molecular flexibility index (Phi) is 5.20. The quantitative estimate of drug-likeness (QED) is 0.714. The number of rotatable bonds is 4. The molecule has 0 unspecified atom stereocenters. The Bertz CT molecular complexity index is 999. The van der Waals surface area contributed by atoms with E-state index in [2.05, 4.69) is 24.3 Å². The molecule has 2 aromatic heterocycles. The lowest BCUT2D eigenvalue weighted by atomic mass is 9.91. The Hall–Kier alpha value is -3.35. The summed E-state index contributed by atoms with van der Waals surface area (Å²) < 4.78 is 10.4. The van der Waals surface area contributed by atoms with Gasteiger partial charge in [0.15, 0.2) is 11.5 Å². The fourth-order valence-electron chi connectivity index (χ4n) is 3.88. The van der Waals surface area contributed by atoms with Crippen LogP contribution in [0.2, 0.25) is 0 Å². The van der Waals surface area contributed by atoms with Gasteiger partial charge in [-0.2, -0.15) is 0 Å². The number of amides is 2. The molecule has 0 aliphatic carbocycles. The van der Waals surface area contributed by atoms with Crippen molar-refractivity contribution in [2.45, 2.75) is 20.3 Å². The van der Waals surface area contributed by atoms with E-state index in [1.807, 2.05) is 4.90 Å². The number of nitrogens with one attached hydrogen (secondary N) is 1. The van der Waals surface area contributed by atoms with E-state index in [4.69, 9.17) is 8.94 Å². The minimum atomic E-state index is -0.452. The highest BCUT2D eigenvalue weighted by Crippen LogP contribution is 2.26. The number of likely N-dealkylation sites (tertiary alicyclic amines) is 1. The molecule has 7 heteroatoms. The van der Waals surface area contributed by atoms with Crippen LogP contribution >= 0.6 is 0 Å². The van der Waals surface area contributed by atoms with Gasteiger partial charge in [-0.15, -0.1) is 0 Å². The maximum absolute atomic E-state index is 13.1. The van der Waals surface area contributed by atoms with Gasteiger partial charge in [0.1, 0.15) is 0 Å². The predicted octanol–water partition coefficient (Wildman–Crippen LogP) is 4.31. The molecule has 1 aliphatic rings. The first kappa shape index (κ1) is 19.0. The van der Waals surface area contributed by atoms with Crippen LogP contribution in [0.4, 0.5) is 5.69 Å². The van der Waals surface area contributed by atoms with Crippen LogP contribution in [0, 0.1) is 11.8 Å². The Balaban J connectivity index is 1.52. The van der Waals surface area contributed by atoms with Crippen molar-refractivity contribution in [1.82, 2.24) is 10.1 Å². The largest absolute Gasteiger partial charge is 0.461 e. The smallest absolute Gasteiger partial charge is 0.277 e. The number of furan rings is 1. The summed E-state index contributed by atoms with van der Waals surface area (Å²) >= 11 is 0. The lowest BCUT2D eigenvalue weighted by molar-refractivity contribution is 0.0624. The Labute approximate surface area is 168 Å². The van der Waals surface area contributed by atoms with Crippen molar-refractivity contribution in [3.8, 4) is 11.5 Å². The molecule has 0 bridgehead atoms. The molecule has 1 saturated heterocycles. The maximum Gasteiger partial charge on any atom is 0.277 e. The van der Waals surface area contributed by atoms with Crippen molar-refractivity contribution in [2.24, 2.45) is 11.8 Å². The number of carbonyl (C=O) groups is 2. The highest BCUT2D eigenvalue weighted by molar-refractivity contribution is 6.08. The van der Waals surface area contributed by atoms with E-state index in [1.54, 1.807) is 36.4 Å². The van der Waals surface area contributed by atoms with Crippen LogP contribution < -0.4 is 5.32 Å². The van der Waals surface area contributed by atoms with Gasteiger partial charge in [0.25, 0.3) is 11.8 Å². The molecule has 2 amide bonds. The molecule has 150 valence electrons. The minimum Gasteiger partial charge on any atom is -0.461 e. The molecule has 3 heterocycles. The third kappa shape index (κ3) is 4.08. The standard InChI is InChI=1S/C22H23N3O4/c1-14-10-15(2)13-25(12-14)22(27)16-6-3-4-7-17(16)23-21(26)18-11-20(29-24-18)19-8-5-9-28-19/h3-9,11,14-15H,10,12-13H2,1-2H3,(H,23,26)/t14-,15-/m1/s1. The van der Waals surface area contributed by atoms with Crippen LogP contribution in [-0.4, -0.2) is 35.0 Å². The number of hydrogen-bond donors (Lipinski definition) is 1. The molecule has 1 N–H and O–H groups in total. The molecule has 1 aromatic carbocycles. The van der Waals surface area contributed by atoms with Crippen molar-refractivity contribution in [1.29, 1.82) is 0 Å². The molecular formula is C22H23N3O4. The second kappa shape index (κ2) is 7.95. The molecule has 3 aromatic rings. The first-order valence-corrected chi connectivity index (χ1v) is 9.71. The van der Waals surface area contributed by atoms with E-state index in [-0.39, 0.29) is 11.6 Å². The molecule has 29 heavy (non-hydrogen) atoms. The first-order chi connectivity index (χ1) is 14.0. The molecule has 2 atom stereocenters. The Morgan fingerprint density at radius 3 is 2.55 bits per heavy atom. The van der Waals surface area contributed by atoms with Gasteiger partial charge in [0.05, 0.1) is 17.5 Å². The molecule has 4 rings (SSSR count). The van der Waals surface area contributed by atoms with Gasteiger partial charge in [0.2, 0.25) is 5.76 Å². The van der Waals surface area contributed by atoms with E-state index in [1.165, 1.54) is 12.3 Å². The number of benzene rings is 1. The summed E-state index contributed by atoms with van der Waals surface area (Å²) in [5.74, 6) is 1.24. The summed E-state index contributed by atoms with van der Waals surface area (Å²) in [4.78, 5) is 27.7. The van der Waals surface area contributed by atoms with Crippen LogP contribution in [0.5, 0.6) is 0 Å². The van der Waals surface area contributed by atoms with E-state index in [0.29, 0.717) is 34.6 Å². The number of nitrogens with zero attached hydrogens (tertiary/aromatic N) is 2. The zero-order valence-electron chi connectivity index (χ0n) is 16.4. The summed E-state index contributed by atoms with van der Waals surface area (Å²) in [6.45, 7) is 5.76. The number of piperidine rings is 1. The molecular weight excluding hydrogens is 370 g/mol. The maximum atomic E-state index is 13.1. The number of para-hydroxylation sites is 1. The second-order valence-electron chi connectivity index (χ2n) is 7.71. The highest BCUT2D eigenvalue weighted by Gasteiger charge is 2.28. The van der Waals surface area contributed by atoms with E-state index in [0.717, 1.165) is 19.5 Å². The van der Waals surface area contributed by atoms with Gasteiger partial charge in [-0.3, -0.25) is 9.59 Å². The topological polar surface area (TPSA) is 88.6 Å². The number of hydrogen-bond acceptors (Lipinski definition) is 5. The molecule has 0 radical (unpaired) electrons. The average molecular weight is 393 g/mol. The Morgan fingerprint density at radius 2 is 1.83 bits per heavy atom. The zero-order chi connectivity index (χ0) is 20.4. The summed E-state index contributed by atoms with van der Waals surface area (Å²) in [6.07, 6.45) is 2.63.